The van der Waals surface area contributed by atoms with Crippen LogP contribution in [0.5, 0.6) is 0 Å². The zero-order chi connectivity index (χ0) is 25.6. The molecule has 0 saturated carbocycles. The van der Waals surface area contributed by atoms with E-state index < -0.39 is 0 Å². The van der Waals surface area contributed by atoms with E-state index >= 15 is 0 Å². The first kappa shape index (κ1) is 24.2. The molecule has 3 atom stereocenters. The number of imidazole rings is 1. The zero-order valence-corrected chi connectivity index (χ0v) is 21.6. The molecule has 5 rings (SSSR count). The van der Waals surface area contributed by atoms with E-state index in [1.807, 2.05) is 12.1 Å². The fraction of sp³-hybridized carbons (Fsp3) is 0.500. The van der Waals surface area contributed by atoms with Gasteiger partial charge in [0.25, 0.3) is 0 Å². The van der Waals surface area contributed by atoms with Gasteiger partial charge in [-0.3, -0.25) is 14.1 Å². The van der Waals surface area contributed by atoms with Gasteiger partial charge in [0.2, 0.25) is 0 Å². The molecule has 4 aromatic heterocycles. The van der Waals surface area contributed by atoms with Crippen LogP contribution >= 0.6 is 11.6 Å². The Hall–Kier alpha value is -3.49. The van der Waals surface area contributed by atoms with Crippen LogP contribution in [0.1, 0.15) is 45.3 Å². The van der Waals surface area contributed by atoms with Crippen molar-refractivity contribution in [2.75, 3.05) is 18.0 Å². The summed E-state index contributed by atoms with van der Waals surface area (Å²) < 4.78 is 4.72. The lowest BCUT2D eigenvalue weighted by Crippen LogP contribution is -2.59. The van der Waals surface area contributed by atoms with Crippen molar-refractivity contribution in [2.24, 2.45) is 7.05 Å². The Kier molecular flexibility index (Phi) is 6.40. The second kappa shape index (κ2) is 9.52. The van der Waals surface area contributed by atoms with Gasteiger partial charge in [-0.25, -0.2) is 14.3 Å². The van der Waals surface area contributed by atoms with E-state index in [-0.39, 0.29) is 30.4 Å². The average molecular weight is 509 g/mol. The molecule has 1 fully saturated rings. The Morgan fingerprint density at radius 3 is 2.69 bits per heavy atom. The second-order valence-corrected chi connectivity index (χ2v) is 9.64. The van der Waals surface area contributed by atoms with Crippen molar-refractivity contribution in [1.29, 1.82) is 5.26 Å². The Morgan fingerprint density at radius 2 is 1.97 bits per heavy atom. The van der Waals surface area contributed by atoms with Crippen LogP contribution in [-0.4, -0.2) is 64.0 Å². The first-order chi connectivity index (χ1) is 17.4. The van der Waals surface area contributed by atoms with Crippen LogP contribution in [0.3, 0.4) is 0 Å². The molecule has 36 heavy (non-hydrogen) atoms. The maximum absolute atomic E-state index is 12.8. The molecular formula is C24H29ClN10O. The van der Waals surface area contributed by atoms with E-state index in [0.717, 1.165) is 30.7 Å². The van der Waals surface area contributed by atoms with Crippen molar-refractivity contribution in [1.82, 2.24) is 38.8 Å². The van der Waals surface area contributed by atoms with Crippen LogP contribution < -0.4 is 10.6 Å². The summed E-state index contributed by atoms with van der Waals surface area (Å²) in [5.74, 6) is 0.590. The lowest BCUT2D eigenvalue weighted by atomic mass is 9.99. The number of hydrogen-bond acceptors (Lipinski definition) is 8. The summed E-state index contributed by atoms with van der Waals surface area (Å²) >= 11 is 6.27. The van der Waals surface area contributed by atoms with Crippen LogP contribution in [0.25, 0.3) is 16.7 Å². The van der Waals surface area contributed by atoms with Crippen LogP contribution in [0.15, 0.2) is 29.3 Å². The van der Waals surface area contributed by atoms with Crippen LogP contribution in [0.4, 0.5) is 5.82 Å². The van der Waals surface area contributed by atoms with Crippen LogP contribution in [0.2, 0.25) is 5.15 Å². The predicted molar refractivity (Wildman–Crippen MR) is 137 cm³/mol. The fourth-order valence-corrected chi connectivity index (χ4v) is 5.34. The highest BCUT2D eigenvalue weighted by Gasteiger charge is 2.37. The molecule has 11 nitrogen and oxygen atoms in total. The third-order valence-electron chi connectivity index (χ3n) is 7.26. The highest BCUT2D eigenvalue weighted by molar-refractivity contribution is 6.29. The Morgan fingerprint density at radius 1 is 1.19 bits per heavy atom. The van der Waals surface area contributed by atoms with Crippen molar-refractivity contribution < 1.29 is 0 Å². The molecule has 0 aliphatic carbocycles. The quantitative estimate of drug-likeness (QED) is 0.390. The van der Waals surface area contributed by atoms with E-state index in [0.29, 0.717) is 28.5 Å². The summed E-state index contributed by atoms with van der Waals surface area (Å²) in [6.45, 7) is 8.09. The minimum atomic E-state index is -0.331. The van der Waals surface area contributed by atoms with Crippen molar-refractivity contribution in [3.05, 3.63) is 45.9 Å². The normalized spacial score (nSPS) is 19.7. The molecule has 0 bridgehead atoms. The number of aromatic nitrogens is 7. The van der Waals surface area contributed by atoms with Crippen molar-refractivity contribution >= 4 is 34.1 Å². The van der Waals surface area contributed by atoms with Crippen LogP contribution in [0, 0.1) is 11.3 Å². The van der Waals surface area contributed by atoms with E-state index in [1.54, 1.807) is 28.6 Å². The Labute approximate surface area is 213 Å². The van der Waals surface area contributed by atoms with Gasteiger partial charge in [0, 0.05) is 32.2 Å². The molecule has 0 spiro atoms. The molecule has 0 radical (unpaired) electrons. The largest absolute Gasteiger partial charge is 0.349 e. The van der Waals surface area contributed by atoms with Crippen molar-refractivity contribution in [3.63, 3.8) is 0 Å². The molecule has 1 aliphatic heterocycles. The van der Waals surface area contributed by atoms with Gasteiger partial charge in [0.05, 0.1) is 35.7 Å². The Balaban J connectivity index is 1.51. The van der Waals surface area contributed by atoms with E-state index in [2.05, 4.69) is 51.7 Å². The van der Waals surface area contributed by atoms with E-state index in [4.69, 9.17) is 22.0 Å². The predicted octanol–water partition coefficient (Wildman–Crippen LogP) is 2.79. The van der Waals surface area contributed by atoms with E-state index in [9.17, 15) is 4.79 Å². The standard InChI is InChI=1S/C24H29ClN10O/c1-5-16-13-34(23-22-19(31(4)24(36)28-23)14-32(30-22)10-9-26)17(6-2)12-33(16)15(3)18-7-8-21-27-11-20(25)35(21)29-18/h7-8,11,14-17H,5-6,10,12-13H2,1-4H3/t15?,16-,17+/m1/s1. The minimum Gasteiger partial charge on any atom is -0.349 e. The maximum Gasteiger partial charge on any atom is 0.349 e. The van der Waals surface area contributed by atoms with Crippen molar-refractivity contribution in [3.8, 4) is 6.07 Å². The Bertz CT molecular complexity index is 1520. The number of piperazine rings is 1. The third-order valence-corrected chi connectivity index (χ3v) is 7.51. The molecule has 1 saturated heterocycles. The lowest BCUT2D eigenvalue weighted by Gasteiger charge is -2.48. The number of aryl methyl sites for hydroxylation is 1. The number of anilines is 1. The fourth-order valence-electron chi connectivity index (χ4n) is 5.16. The summed E-state index contributed by atoms with van der Waals surface area (Å²) in [4.78, 5) is 26.2. The number of hydrogen-bond donors (Lipinski definition) is 0. The van der Waals surface area contributed by atoms with Gasteiger partial charge in [-0.1, -0.05) is 25.4 Å². The number of rotatable bonds is 6. The first-order valence-corrected chi connectivity index (χ1v) is 12.6. The molecule has 0 N–H and O–H groups in total. The van der Waals surface area contributed by atoms with E-state index in [1.165, 1.54) is 4.57 Å². The summed E-state index contributed by atoms with van der Waals surface area (Å²) in [5.41, 5.74) is 2.63. The molecule has 1 aliphatic rings. The summed E-state index contributed by atoms with van der Waals surface area (Å²) in [5, 5.41) is 19.0. The maximum atomic E-state index is 12.8. The summed E-state index contributed by atoms with van der Waals surface area (Å²) in [7, 11) is 1.68. The molecule has 1 unspecified atom stereocenters. The number of nitriles is 1. The van der Waals surface area contributed by atoms with Gasteiger partial charge in [-0.05, 0) is 31.9 Å². The SMILES string of the molecule is CC[C@H]1CN(C(C)c2ccc3ncc(Cl)n3n2)[C@H](CC)CN1c1nc(=O)n(C)c2cn(CC#N)nc12. The minimum absolute atomic E-state index is 0.0560. The van der Waals surface area contributed by atoms with Gasteiger partial charge in [0.1, 0.15) is 6.54 Å². The topological polar surface area (TPSA) is 113 Å². The summed E-state index contributed by atoms with van der Waals surface area (Å²) in [6, 6.07) is 6.46. The summed E-state index contributed by atoms with van der Waals surface area (Å²) in [6.07, 6.45) is 5.14. The molecule has 0 amide bonds. The third kappa shape index (κ3) is 4.00. The highest BCUT2D eigenvalue weighted by Crippen LogP contribution is 2.33. The monoisotopic (exact) mass is 508 g/mol. The smallest absolute Gasteiger partial charge is 0.349 e. The highest BCUT2D eigenvalue weighted by atomic mass is 35.5. The molecule has 12 heteroatoms. The van der Waals surface area contributed by atoms with Gasteiger partial charge in [-0.2, -0.15) is 20.4 Å². The van der Waals surface area contributed by atoms with Gasteiger partial charge in [0.15, 0.2) is 22.1 Å². The van der Waals surface area contributed by atoms with Crippen molar-refractivity contribution in [2.45, 2.75) is 58.3 Å². The lowest BCUT2D eigenvalue weighted by molar-refractivity contribution is 0.0982. The number of fused-ring (bicyclic) bond motifs is 2. The van der Waals surface area contributed by atoms with Crippen LogP contribution in [-0.2, 0) is 13.6 Å². The second-order valence-electron chi connectivity index (χ2n) is 9.25. The van der Waals surface area contributed by atoms with Gasteiger partial charge >= 0.3 is 5.69 Å². The molecule has 0 aromatic carbocycles. The number of nitrogens with zero attached hydrogens (tertiary/aromatic N) is 10. The molecular weight excluding hydrogens is 480 g/mol. The first-order valence-electron chi connectivity index (χ1n) is 12.2. The zero-order valence-electron chi connectivity index (χ0n) is 20.8. The van der Waals surface area contributed by atoms with Gasteiger partial charge in [-0.15, -0.1) is 0 Å². The molecule has 5 heterocycles. The van der Waals surface area contributed by atoms with Gasteiger partial charge < -0.3 is 4.90 Å². The number of halogens is 1. The molecule has 4 aromatic rings. The molecule has 188 valence electrons. The average Bonchev–Trinajstić information content (AvgIpc) is 3.48.